The number of benzene rings is 2. The minimum atomic E-state index is -0.927. The fourth-order valence-corrected chi connectivity index (χ4v) is 3.88. The van der Waals surface area contributed by atoms with Crippen LogP contribution in [0, 0.1) is 0 Å². The molecule has 1 fully saturated rings. The Hall–Kier alpha value is -3.43. The van der Waals surface area contributed by atoms with Crippen molar-refractivity contribution in [1.82, 2.24) is 10.2 Å². The highest BCUT2D eigenvalue weighted by molar-refractivity contribution is 5.83. The Bertz CT molecular complexity index is 971. The maximum Gasteiger partial charge on any atom is 0.510 e. The van der Waals surface area contributed by atoms with Gasteiger partial charge in [-0.05, 0) is 37.8 Å². The molecule has 3 atom stereocenters. The van der Waals surface area contributed by atoms with E-state index in [0.717, 1.165) is 11.1 Å². The largest absolute Gasteiger partial charge is 0.510 e. The van der Waals surface area contributed by atoms with E-state index in [1.807, 2.05) is 60.7 Å². The van der Waals surface area contributed by atoms with Gasteiger partial charge in [0.1, 0.15) is 19.3 Å². The second kappa shape index (κ2) is 14.2. The van der Waals surface area contributed by atoms with Gasteiger partial charge in [-0.25, -0.2) is 4.79 Å². The Morgan fingerprint density at radius 3 is 2.36 bits per heavy atom. The van der Waals surface area contributed by atoms with Crippen molar-refractivity contribution in [2.75, 3.05) is 26.4 Å². The van der Waals surface area contributed by atoms with Gasteiger partial charge >= 0.3 is 12.1 Å². The average Bonchev–Trinajstić information content (AvgIpc) is 2.91. The molecule has 1 saturated heterocycles. The summed E-state index contributed by atoms with van der Waals surface area (Å²) in [6, 6.07) is 17.6. The number of hydrogen-bond donors (Lipinski definition) is 1. The van der Waals surface area contributed by atoms with E-state index in [9.17, 15) is 14.4 Å². The lowest BCUT2D eigenvalue weighted by atomic mass is 10.0. The van der Waals surface area contributed by atoms with Gasteiger partial charge in [-0.1, -0.05) is 60.7 Å². The molecule has 1 heterocycles. The first-order valence-electron chi connectivity index (χ1n) is 12.2. The fraction of sp³-hybridized carbons (Fsp3) is 0.444. The first-order chi connectivity index (χ1) is 17.5. The van der Waals surface area contributed by atoms with Crippen molar-refractivity contribution in [2.24, 2.45) is 0 Å². The van der Waals surface area contributed by atoms with Gasteiger partial charge in [0.05, 0.1) is 19.3 Å². The maximum absolute atomic E-state index is 13.3. The van der Waals surface area contributed by atoms with Crippen LogP contribution in [0.4, 0.5) is 4.79 Å². The third-order valence-electron chi connectivity index (χ3n) is 5.76. The predicted molar refractivity (Wildman–Crippen MR) is 132 cm³/mol. The molecule has 1 amide bonds. The number of carbonyl (C=O) groups is 3. The Morgan fingerprint density at radius 2 is 1.69 bits per heavy atom. The lowest BCUT2D eigenvalue weighted by molar-refractivity contribution is -0.163. The van der Waals surface area contributed by atoms with E-state index in [1.165, 1.54) is 4.90 Å². The van der Waals surface area contributed by atoms with Crippen molar-refractivity contribution < 1.29 is 33.3 Å². The summed E-state index contributed by atoms with van der Waals surface area (Å²) < 4.78 is 21.2. The molecule has 1 aliphatic rings. The number of amides is 1. The van der Waals surface area contributed by atoms with Crippen LogP contribution in [0.5, 0.6) is 0 Å². The number of ether oxygens (including phenoxy) is 4. The number of carbonyl (C=O) groups excluding carboxylic acids is 3. The number of nitrogens with one attached hydrogen (secondary N) is 1. The molecule has 0 bridgehead atoms. The Balaban J connectivity index is 1.58. The van der Waals surface area contributed by atoms with E-state index in [-0.39, 0.29) is 32.3 Å². The fourth-order valence-electron chi connectivity index (χ4n) is 3.88. The molecule has 0 saturated carbocycles. The van der Waals surface area contributed by atoms with E-state index in [2.05, 4.69) is 5.32 Å². The van der Waals surface area contributed by atoms with Crippen LogP contribution < -0.4 is 5.32 Å². The van der Waals surface area contributed by atoms with Crippen LogP contribution in [-0.4, -0.2) is 67.6 Å². The SMILES string of the molecule is CCOC(=O)C(CCc1ccccc1)N[C@@H](C)C(=O)N1CCOCC1OC(=O)OCc1ccccc1. The van der Waals surface area contributed by atoms with Crippen molar-refractivity contribution in [3.8, 4) is 0 Å². The van der Waals surface area contributed by atoms with Crippen LogP contribution in [-0.2, 0) is 41.6 Å². The molecule has 0 spiro atoms. The second-order valence-electron chi connectivity index (χ2n) is 8.42. The number of esters is 1. The van der Waals surface area contributed by atoms with E-state index in [4.69, 9.17) is 18.9 Å². The molecular weight excluding hydrogens is 464 g/mol. The van der Waals surface area contributed by atoms with E-state index in [0.29, 0.717) is 19.4 Å². The molecule has 1 N–H and O–H groups in total. The highest BCUT2D eigenvalue weighted by Crippen LogP contribution is 2.14. The van der Waals surface area contributed by atoms with Crippen LogP contribution in [0.1, 0.15) is 31.4 Å². The topological polar surface area (TPSA) is 103 Å². The number of nitrogens with zero attached hydrogens (tertiary/aromatic N) is 1. The maximum atomic E-state index is 13.3. The van der Waals surface area contributed by atoms with Crippen LogP contribution in [0.15, 0.2) is 60.7 Å². The first-order valence-corrected chi connectivity index (χ1v) is 12.2. The van der Waals surface area contributed by atoms with E-state index in [1.54, 1.807) is 13.8 Å². The van der Waals surface area contributed by atoms with Gasteiger partial charge in [0.2, 0.25) is 12.1 Å². The van der Waals surface area contributed by atoms with Crippen LogP contribution in [0.3, 0.4) is 0 Å². The molecular formula is C27H34N2O7. The molecule has 1 aliphatic heterocycles. The van der Waals surface area contributed by atoms with Gasteiger partial charge in [-0.15, -0.1) is 0 Å². The Morgan fingerprint density at radius 1 is 1.03 bits per heavy atom. The lowest BCUT2D eigenvalue weighted by Crippen LogP contribution is -2.57. The predicted octanol–water partition coefficient (Wildman–Crippen LogP) is 3.07. The molecule has 0 radical (unpaired) electrons. The van der Waals surface area contributed by atoms with Crippen molar-refractivity contribution in [3.63, 3.8) is 0 Å². The highest BCUT2D eigenvalue weighted by Gasteiger charge is 2.35. The molecule has 194 valence electrons. The van der Waals surface area contributed by atoms with Crippen LogP contribution >= 0.6 is 0 Å². The molecule has 2 unspecified atom stereocenters. The number of morpholine rings is 1. The molecule has 0 aliphatic carbocycles. The number of aryl methyl sites for hydroxylation is 1. The van der Waals surface area contributed by atoms with Crippen LogP contribution in [0.2, 0.25) is 0 Å². The number of rotatable bonds is 11. The van der Waals surface area contributed by atoms with Crippen molar-refractivity contribution in [1.29, 1.82) is 0 Å². The summed E-state index contributed by atoms with van der Waals surface area (Å²) in [6.45, 7) is 4.32. The summed E-state index contributed by atoms with van der Waals surface area (Å²) in [5, 5.41) is 3.11. The smallest absolute Gasteiger partial charge is 0.465 e. The minimum absolute atomic E-state index is 0.0359. The Kier molecular flexibility index (Phi) is 10.7. The monoisotopic (exact) mass is 498 g/mol. The molecule has 2 aromatic carbocycles. The summed E-state index contributed by atoms with van der Waals surface area (Å²) >= 11 is 0. The molecule has 3 rings (SSSR count). The van der Waals surface area contributed by atoms with Gasteiger partial charge < -0.3 is 23.8 Å². The normalized spacial score (nSPS) is 17.1. The first kappa shape index (κ1) is 27.2. The standard InChI is InChI=1S/C27H34N2O7/c1-3-34-26(31)23(15-14-21-10-6-4-7-11-21)28-20(2)25(30)29-16-17-33-19-24(29)36-27(32)35-18-22-12-8-5-9-13-22/h4-13,20,23-24,28H,3,14-19H2,1-2H3/t20-,23?,24?/m0/s1. The van der Waals surface area contributed by atoms with Gasteiger partial charge in [-0.3, -0.25) is 14.9 Å². The third-order valence-corrected chi connectivity index (χ3v) is 5.76. The zero-order chi connectivity index (χ0) is 25.8. The average molecular weight is 499 g/mol. The van der Waals surface area contributed by atoms with Gasteiger partial charge in [0, 0.05) is 6.54 Å². The summed E-state index contributed by atoms with van der Waals surface area (Å²) in [5.74, 6) is -0.722. The summed E-state index contributed by atoms with van der Waals surface area (Å²) in [7, 11) is 0. The van der Waals surface area contributed by atoms with E-state index >= 15 is 0 Å². The van der Waals surface area contributed by atoms with Crippen molar-refractivity contribution in [3.05, 3.63) is 71.8 Å². The zero-order valence-corrected chi connectivity index (χ0v) is 20.8. The minimum Gasteiger partial charge on any atom is -0.465 e. The highest BCUT2D eigenvalue weighted by atomic mass is 16.7. The zero-order valence-electron chi connectivity index (χ0n) is 20.8. The van der Waals surface area contributed by atoms with E-state index < -0.39 is 30.4 Å². The van der Waals surface area contributed by atoms with Gasteiger partial charge in [0.15, 0.2) is 0 Å². The van der Waals surface area contributed by atoms with Gasteiger partial charge in [0.25, 0.3) is 0 Å². The quantitative estimate of drug-likeness (QED) is 0.472. The lowest BCUT2D eigenvalue weighted by Gasteiger charge is -2.36. The molecule has 0 aromatic heterocycles. The second-order valence-corrected chi connectivity index (χ2v) is 8.42. The van der Waals surface area contributed by atoms with Gasteiger partial charge in [-0.2, -0.15) is 0 Å². The summed E-state index contributed by atoms with van der Waals surface area (Å²) in [6.07, 6.45) is -0.700. The molecule has 9 heteroatoms. The summed E-state index contributed by atoms with van der Waals surface area (Å²) in [4.78, 5) is 39.6. The number of hydrogen-bond acceptors (Lipinski definition) is 8. The Labute approximate surface area is 211 Å². The summed E-state index contributed by atoms with van der Waals surface area (Å²) in [5.41, 5.74) is 1.91. The molecule has 2 aromatic rings. The van der Waals surface area contributed by atoms with Crippen molar-refractivity contribution >= 4 is 18.0 Å². The van der Waals surface area contributed by atoms with Crippen molar-refractivity contribution in [2.45, 2.75) is 51.6 Å². The third kappa shape index (κ3) is 8.35. The molecule has 36 heavy (non-hydrogen) atoms. The van der Waals surface area contributed by atoms with Crippen LogP contribution in [0.25, 0.3) is 0 Å². The molecule has 9 nitrogen and oxygen atoms in total.